The average molecular weight is 429 g/mol. The smallest absolute Gasteiger partial charge is 0.191 e. The Morgan fingerprint density at radius 2 is 2.14 bits per heavy atom. The third-order valence-corrected chi connectivity index (χ3v) is 5.09. The topological polar surface area (TPSA) is 65.9 Å². The van der Waals surface area contributed by atoms with E-state index < -0.39 is 5.60 Å². The van der Waals surface area contributed by atoms with Crippen molar-refractivity contribution in [3.05, 3.63) is 0 Å². The van der Waals surface area contributed by atoms with Crippen LogP contribution in [0, 0.1) is 5.92 Å². The number of nitrogens with one attached hydrogen (secondary N) is 2. The summed E-state index contributed by atoms with van der Waals surface area (Å²) in [4.78, 5) is 4.55. The molecule has 0 spiro atoms. The highest BCUT2D eigenvalue weighted by Crippen LogP contribution is 2.27. The van der Waals surface area contributed by atoms with Crippen molar-refractivity contribution < 1.29 is 9.84 Å². The molecule has 0 aromatic carbocycles. The summed E-state index contributed by atoms with van der Waals surface area (Å²) in [7, 11) is 0. The summed E-state index contributed by atoms with van der Waals surface area (Å²) in [5, 5.41) is 17.0. The maximum atomic E-state index is 10.3. The lowest BCUT2D eigenvalue weighted by Gasteiger charge is -2.24. The van der Waals surface area contributed by atoms with E-state index in [4.69, 9.17) is 4.74 Å². The summed E-state index contributed by atoms with van der Waals surface area (Å²) < 4.78 is 5.37. The van der Waals surface area contributed by atoms with Gasteiger partial charge in [-0.1, -0.05) is 0 Å². The van der Waals surface area contributed by atoms with Gasteiger partial charge in [0.1, 0.15) is 0 Å². The van der Waals surface area contributed by atoms with E-state index in [1.807, 2.05) is 11.8 Å². The number of thioether (sulfide) groups is 1. The van der Waals surface area contributed by atoms with Crippen LogP contribution in [0.5, 0.6) is 0 Å². The van der Waals surface area contributed by atoms with Crippen molar-refractivity contribution >= 4 is 41.7 Å². The van der Waals surface area contributed by atoms with Crippen LogP contribution in [0.25, 0.3) is 0 Å². The van der Waals surface area contributed by atoms with E-state index >= 15 is 0 Å². The molecule has 5 nitrogen and oxygen atoms in total. The first kappa shape index (κ1) is 19.3. The quantitative estimate of drug-likeness (QED) is 0.351. The van der Waals surface area contributed by atoms with Gasteiger partial charge in [-0.05, 0) is 37.9 Å². The Hall–Kier alpha value is 0.270. The number of guanidine groups is 1. The molecule has 21 heavy (non-hydrogen) atoms. The first-order valence-corrected chi connectivity index (χ1v) is 8.77. The van der Waals surface area contributed by atoms with Crippen molar-refractivity contribution in [1.82, 2.24) is 10.6 Å². The van der Waals surface area contributed by atoms with Crippen molar-refractivity contribution in [3.63, 3.8) is 0 Å². The molecule has 124 valence electrons. The van der Waals surface area contributed by atoms with Gasteiger partial charge >= 0.3 is 0 Å². The summed E-state index contributed by atoms with van der Waals surface area (Å²) >= 11 is 1.81. The Labute approximate surface area is 149 Å². The summed E-state index contributed by atoms with van der Waals surface area (Å²) in [6, 6.07) is 0. The fourth-order valence-electron chi connectivity index (χ4n) is 2.48. The predicted octanol–water partition coefficient (Wildman–Crippen LogP) is 1.45. The largest absolute Gasteiger partial charge is 0.387 e. The summed E-state index contributed by atoms with van der Waals surface area (Å²) in [6.45, 7) is 6.07. The molecular weight excluding hydrogens is 401 g/mol. The van der Waals surface area contributed by atoms with E-state index in [1.165, 1.54) is 0 Å². The van der Waals surface area contributed by atoms with Crippen LogP contribution in [-0.4, -0.2) is 61.0 Å². The number of nitrogens with zero attached hydrogens (tertiary/aromatic N) is 1. The number of ether oxygens (including phenoxy) is 1. The van der Waals surface area contributed by atoms with Gasteiger partial charge in [0.25, 0.3) is 0 Å². The lowest BCUT2D eigenvalue weighted by Crippen LogP contribution is -2.42. The molecule has 2 heterocycles. The van der Waals surface area contributed by atoms with Crippen LogP contribution in [0.15, 0.2) is 4.99 Å². The first-order chi connectivity index (χ1) is 9.72. The van der Waals surface area contributed by atoms with Crippen molar-refractivity contribution in [3.8, 4) is 0 Å². The molecule has 0 saturated carbocycles. The van der Waals surface area contributed by atoms with Crippen LogP contribution >= 0.6 is 35.7 Å². The van der Waals surface area contributed by atoms with Gasteiger partial charge in [-0.15, -0.1) is 24.0 Å². The van der Waals surface area contributed by atoms with E-state index in [0.29, 0.717) is 12.5 Å². The fraction of sp³-hybridized carbons (Fsp3) is 0.929. The van der Waals surface area contributed by atoms with E-state index in [-0.39, 0.29) is 24.0 Å². The number of hydrogen-bond acceptors (Lipinski definition) is 4. The summed E-state index contributed by atoms with van der Waals surface area (Å²) in [5.74, 6) is 3.33. The van der Waals surface area contributed by atoms with E-state index in [9.17, 15) is 5.11 Å². The minimum atomic E-state index is -0.605. The number of aliphatic imine (C=N–C) groups is 1. The second-order valence-electron chi connectivity index (χ2n) is 5.66. The molecule has 0 aromatic rings. The van der Waals surface area contributed by atoms with Crippen molar-refractivity contribution in [2.24, 2.45) is 10.9 Å². The molecule has 2 fully saturated rings. The number of rotatable bonds is 5. The molecule has 2 aliphatic heterocycles. The van der Waals surface area contributed by atoms with Crippen molar-refractivity contribution in [2.75, 3.05) is 44.4 Å². The van der Waals surface area contributed by atoms with Gasteiger partial charge in [-0.3, -0.25) is 4.99 Å². The maximum Gasteiger partial charge on any atom is 0.191 e. The Morgan fingerprint density at radius 3 is 2.76 bits per heavy atom. The molecule has 3 N–H and O–H groups in total. The van der Waals surface area contributed by atoms with E-state index in [0.717, 1.165) is 63.0 Å². The van der Waals surface area contributed by atoms with Gasteiger partial charge in [-0.2, -0.15) is 11.8 Å². The maximum absolute atomic E-state index is 10.3. The molecule has 2 aliphatic rings. The van der Waals surface area contributed by atoms with Crippen molar-refractivity contribution in [1.29, 1.82) is 0 Å². The highest BCUT2D eigenvalue weighted by atomic mass is 127. The predicted molar refractivity (Wildman–Crippen MR) is 99.8 cm³/mol. The Balaban J connectivity index is 0.00000220. The average Bonchev–Trinajstić information content (AvgIpc) is 2.90. The van der Waals surface area contributed by atoms with Crippen LogP contribution in [0.3, 0.4) is 0 Å². The first-order valence-electron chi connectivity index (χ1n) is 7.62. The Bertz CT molecular complexity index is 319. The highest BCUT2D eigenvalue weighted by molar-refractivity contribution is 14.0. The molecule has 0 aliphatic carbocycles. The van der Waals surface area contributed by atoms with Crippen LogP contribution in [0.1, 0.15) is 26.2 Å². The highest BCUT2D eigenvalue weighted by Gasteiger charge is 2.31. The Kier molecular flexibility index (Phi) is 9.31. The zero-order valence-corrected chi connectivity index (χ0v) is 15.9. The molecule has 2 rings (SSSR count). The normalized spacial score (nSPS) is 27.2. The molecule has 0 aromatic heterocycles. The lowest BCUT2D eigenvalue weighted by molar-refractivity contribution is 0.0674. The van der Waals surface area contributed by atoms with Crippen LogP contribution in [0.2, 0.25) is 0 Å². The number of halogens is 1. The standard InChI is InChI=1S/C14H27N3O2S.HI/c1-2-15-13(16-9-12-3-6-19-7-4-12)17-10-14(18)5-8-20-11-14;/h12,18H,2-11H2,1H3,(H2,15,16,17);1H. The molecule has 0 radical (unpaired) electrons. The van der Waals surface area contributed by atoms with Gasteiger partial charge in [-0.25, -0.2) is 0 Å². The number of aliphatic hydroxyl groups is 1. The van der Waals surface area contributed by atoms with Crippen LogP contribution in [-0.2, 0) is 4.74 Å². The third-order valence-electron chi connectivity index (χ3n) is 3.86. The van der Waals surface area contributed by atoms with E-state index in [1.54, 1.807) is 0 Å². The van der Waals surface area contributed by atoms with Gasteiger partial charge < -0.3 is 20.5 Å². The molecule has 7 heteroatoms. The zero-order valence-electron chi connectivity index (χ0n) is 12.8. The second kappa shape index (κ2) is 10.1. The van der Waals surface area contributed by atoms with Crippen molar-refractivity contribution in [2.45, 2.75) is 31.8 Å². The van der Waals surface area contributed by atoms with E-state index in [2.05, 4.69) is 22.5 Å². The van der Waals surface area contributed by atoms with Gasteiger partial charge in [0.05, 0.1) is 12.1 Å². The third kappa shape index (κ3) is 6.92. The Morgan fingerprint density at radius 1 is 1.38 bits per heavy atom. The molecule has 0 bridgehead atoms. The van der Waals surface area contributed by atoms with Crippen LogP contribution < -0.4 is 10.6 Å². The molecule has 2 saturated heterocycles. The van der Waals surface area contributed by atoms with Gasteiger partial charge in [0, 0.05) is 32.1 Å². The molecule has 1 unspecified atom stereocenters. The minimum Gasteiger partial charge on any atom is -0.387 e. The van der Waals surface area contributed by atoms with Gasteiger partial charge in [0.15, 0.2) is 5.96 Å². The molecule has 1 atom stereocenters. The summed E-state index contributed by atoms with van der Waals surface area (Å²) in [5.41, 5.74) is -0.605. The van der Waals surface area contributed by atoms with Crippen LogP contribution in [0.4, 0.5) is 0 Å². The summed E-state index contributed by atoms with van der Waals surface area (Å²) in [6.07, 6.45) is 3.08. The SMILES string of the molecule is CCNC(=NCC1(O)CCSC1)NCC1CCOCC1.I. The minimum absolute atomic E-state index is 0. The fourth-order valence-corrected chi connectivity index (χ4v) is 3.76. The molecule has 0 amide bonds. The monoisotopic (exact) mass is 429 g/mol. The number of hydrogen-bond donors (Lipinski definition) is 3. The second-order valence-corrected chi connectivity index (χ2v) is 6.76. The van der Waals surface area contributed by atoms with Gasteiger partial charge in [0.2, 0.25) is 0 Å². The zero-order chi connectivity index (χ0) is 14.3. The molecular formula is C14H28IN3O2S. The lowest BCUT2D eigenvalue weighted by atomic mass is 10.0.